The Hall–Kier alpha value is -1.18. The van der Waals surface area contributed by atoms with Crippen molar-refractivity contribution in [3.63, 3.8) is 0 Å². The van der Waals surface area contributed by atoms with Crippen molar-refractivity contribution in [3.05, 3.63) is 29.8 Å². The molecular formula is C16H22N2OS. The van der Waals surface area contributed by atoms with Crippen LogP contribution in [0.4, 0.5) is 0 Å². The largest absolute Gasteiger partial charge is 0.478 e. The lowest BCUT2D eigenvalue weighted by atomic mass is 10.1. The summed E-state index contributed by atoms with van der Waals surface area (Å²) in [4.78, 5) is 0. The molecule has 0 radical (unpaired) electrons. The molecule has 1 aliphatic rings. The van der Waals surface area contributed by atoms with Gasteiger partial charge < -0.3 is 10.1 Å². The smallest absolute Gasteiger partial charge is 0.174 e. The second-order valence-corrected chi connectivity index (χ2v) is 6.53. The molecule has 20 heavy (non-hydrogen) atoms. The first-order valence-electron chi connectivity index (χ1n) is 7.13. The Morgan fingerprint density at radius 2 is 2.10 bits per heavy atom. The summed E-state index contributed by atoms with van der Waals surface area (Å²) in [6, 6.07) is 9.95. The lowest BCUT2D eigenvalue weighted by molar-refractivity contribution is 0.362. The minimum atomic E-state index is 0.103. The Kier molecular flexibility index (Phi) is 5.75. The molecule has 1 N–H and O–H groups in total. The van der Waals surface area contributed by atoms with Gasteiger partial charge >= 0.3 is 0 Å². The highest BCUT2D eigenvalue weighted by molar-refractivity contribution is 8.00. The van der Waals surface area contributed by atoms with Gasteiger partial charge in [-0.2, -0.15) is 17.0 Å². The molecule has 1 saturated carbocycles. The van der Waals surface area contributed by atoms with Gasteiger partial charge in [-0.05, 0) is 25.2 Å². The number of ether oxygens (including phenoxy) is 1. The SMILES string of the molecule is CSC1(CNCc2ccccc2OCC#N)CCCC1. The fourth-order valence-corrected chi connectivity index (χ4v) is 3.74. The molecule has 0 bridgehead atoms. The predicted octanol–water partition coefficient (Wildman–Crippen LogP) is 3.35. The van der Waals surface area contributed by atoms with E-state index in [2.05, 4.69) is 17.6 Å². The minimum absolute atomic E-state index is 0.103. The molecule has 0 heterocycles. The number of para-hydroxylation sites is 1. The Morgan fingerprint density at radius 1 is 1.35 bits per heavy atom. The third-order valence-electron chi connectivity index (χ3n) is 3.98. The van der Waals surface area contributed by atoms with E-state index in [1.807, 2.05) is 36.0 Å². The Labute approximate surface area is 125 Å². The number of nitriles is 1. The zero-order valence-electron chi connectivity index (χ0n) is 12.0. The number of rotatable bonds is 7. The number of benzene rings is 1. The van der Waals surface area contributed by atoms with Gasteiger partial charge in [0, 0.05) is 23.4 Å². The normalized spacial score (nSPS) is 16.8. The summed E-state index contributed by atoms with van der Waals surface area (Å²) in [5, 5.41) is 12.2. The quantitative estimate of drug-likeness (QED) is 0.836. The van der Waals surface area contributed by atoms with Crippen LogP contribution in [0, 0.1) is 11.3 Å². The fraction of sp³-hybridized carbons (Fsp3) is 0.562. The molecule has 1 fully saturated rings. The summed E-state index contributed by atoms with van der Waals surface area (Å²) < 4.78 is 5.87. The van der Waals surface area contributed by atoms with Crippen molar-refractivity contribution >= 4 is 11.8 Å². The van der Waals surface area contributed by atoms with Gasteiger partial charge in [-0.3, -0.25) is 0 Å². The molecule has 1 aromatic carbocycles. The van der Waals surface area contributed by atoms with E-state index in [-0.39, 0.29) is 6.61 Å². The molecule has 0 saturated heterocycles. The average molecular weight is 290 g/mol. The standard InChI is InChI=1S/C16H22N2OS/c1-20-16(8-4-5-9-16)13-18-12-14-6-2-3-7-15(14)19-11-10-17/h2-3,6-7,18H,4-5,8-9,11-13H2,1H3. The van der Waals surface area contributed by atoms with Gasteiger partial charge in [-0.15, -0.1) is 0 Å². The zero-order chi connectivity index (χ0) is 14.3. The van der Waals surface area contributed by atoms with E-state index in [9.17, 15) is 0 Å². The van der Waals surface area contributed by atoms with Crippen LogP contribution in [0.5, 0.6) is 5.75 Å². The third kappa shape index (κ3) is 3.91. The first-order chi connectivity index (χ1) is 9.79. The van der Waals surface area contributed by atoms with Crippen molar-refractivity contribution in [2.75, 3.05) is 19.4 Å². The van der Waals surface area contributed by atoms with Crippen LogP contribution < -0.4 is 10.1 Å². The van der Waals surface area contributed by atoms with Crippen molar-refractivity contribution in [3.8, 4) is 11.8 Å². The van der Waals surface area contributed by atoms with Crippen molar-refractivity contribution in [1.29, 1.82) is 5.26 Å². The third-order valence-corrected chi connectivity index (χ3v) is 5.39. The zero-order valence-corrected chi connectivity index (χ0v) is 12.8. The van der Waals surface area contributed by atoms with Crippen molar-refractivity contribution in [1.82, 2.24) is 5.32 Å². The molecule has 0 amide bonds. The monoisotopic (exact) mass is 290 g/mol. The van der Waals surface area contributed by atoms with Crippen LogP contribution in [0.15, 0.2) is 24.3 Å². The van der Waals surface area contributed by atoms with Gasteiger partial charge in [-0.25, -0.2) is 0 Å². The predicted molar refractivity (Wildman–Crippen MR) is 84.0 cm³/mol. The molecule has 108 valence electrons. The van der Waals surface area contributed by atoms with Gasteiger partial charge in [0.25, 0.3) is 0 Å². The lowest BCUT2D eigenvalue weighted by Crippen LogP contribution is -2.34. The molecule has 1 aromatic rings. The number of nitrogens with one attached hydrogen (secondary N) is 1. The molecular weight excluding hydrogens is 268 g/mol. The molecule has 0 atom stereocenters. The van der Waals surface area contributed by atoms with Gasteiger partial charge in [0.15, 0.2) is 6.61 Å². The van der Waals surface area contributed by atoms with Crippen molar-refractivity contribution in [2.45, 2.75) is 37.0 Å². The molecule has 3 nitrogen and oxygen atoms in total. The molecule has 4 heteroatoms. The van der Waals surface area contributed by atoms with E-state index < -0.39 is 0 Å². The highest BCUT2D eigenvalue weighted by atomic mass is 32.2. The summed E-state index contributed by atoms with van der Waals surface area (Å²) in [6.07, 6.45) is 7.55. The van der Waals surface area contributed by atoms with Crippen LogP contribution in [0.3, 0.4) is 0 Å². The topological polar surface area (TPSA) is 45.0 Å². The molecule has 0 aromatic heterocycles. The van der Waals surface area contributed by atoms with Gasteiger partial charge in [-0.1, -0.05) is 31.0 Å². The molecule has 0 aliphatic heterocycles. The second-order valence-electron chi connectivity index (χ2n) is 5.25. The first kappa shape index (κ1) is 15.2. The molecule has 0 spiro atoms. The van der Waals surface area contributed by atoms with E-state index in [1.165, 1.54) is 25.7 Å². The molecule has 2 rings (SSSR count). The summed E-state index contributed by atoms with van der Waals surface area (Å²) in [7, 11) is 0. The van der Waals surface area contributed by atoms with Gasteiger partial charge in [0.1, 0.15) is 11.8 Å². The molecule has 0 unspecified atom stereocenters. The summed E-state index contributed by atoms with van der Waals surface area (Å²) in [5.74, 6) is 0.811. The van der Waals surface area contributed by atoms with Crippen LogP contribution in [0.25, 0.3) is 0 Å². The van der Waals surface area contributed by atoms with Gasteiger partial charge in [0.05, 0.1) is 0 Å². The highest BCUT2D eigenvalue weighted by Gasteiger charge is 2.32. The van der Waals surface area contributed by atoms with E-state index in [1.54, 1.807) is 0 Å². The van der Waals surface area contributed by atoms with Crippen LogP contribution >= 0.6 is 11.8 Å². The number of thioether (sulfide) groups is 1. The minimum Gasteiger partial charge on any atom is -0.478 e. The Bertz CT molecular complexity index is 464. The Balaban J connectivity index is 1.89. The maximum absolute atomic E-state index is 8.61. The highest BCUT2D eigenvalue weighted by Crippen LogP contribution is 2.39. The summed E-state index contributed by atoms with van der Waals surface area (Å²) in [5.41, 5.74) is 1.12. The maximum Gasteiger partial charge on any atom is 0.174 e. The van der Waals surface area contributed by atoms with Gasteiger partial charge in [0.2, 0.25) is 0 Å². The fourth-order valence-electron chi connectivity index (χ4n) is 2.80. The van der Waals surface area contributed by atoms with E-state index >= 15 is 0 Å². The van der Waals surface area contributed by atoms with E-state index in [0.29, 0.717) is 4.75 Å². The Morgan fingerprint density at radius 3 is 2.80 bits per heavy atom. The molecule has 1 aliphatic carbocycles. The van der Waals surface area contributed by atoms with Crippen LogP contribution in [-0.2, 0) is 6.54 Å². The number of nitrogens with zero attached hydrogens (tertiary/aromatic N) is 1. The maximum atomic E-state index is 8.61. The van der Waals surface area contributed by atoms with Crippen LogP contribution in [-0.4, -0.2) is 24.2 Å². The lowest BCUT2D eigenvalue weighted by Gasteiger charge is -2.27. The van der Waals surface area contributed by atoms with Crippen molar-refractivity contribution in [2.24, 2.45) is 0 Å². The summed E-state index contributed by atoms with van der Waals surface area (Å²) >= 11 is 2.00. The summed E-state index contributed by atoms with van der Waals surface area (Å²) in [6.45, 7) is 1.94. The second kappa shape index (κ2) is 7.56. The van der Waals surface area contributed by atoms with E-state index in [4.69, 9.17) is 10.00 Å². The van der Waals surface area contributed by atoms with Crippen LogP contribution in [0.1, 0.15) is 31.2 Å². The average Bonchev–Trinajstić information content (AvgIpc) is 2.96. The number of hydrogen-bond donors (Lipinski definition) is 1. The number of hydrogen-bond acceptors (Lipinski definition) is 4. The van der Waals surface area contributed by atoms with Crippen LogP contribution in [0.2, 0.25) is 0 Å². The van der Waals surface area contributed by atoms with Crippen molar-refractivity contribution < 1.29 is 4.74 Å². The first-order valence-corrected chi connectivity index (χ1v) is 8.36. The van der Waals surface area contributed by atoms with E-state index in [0.717, 1.165) is 24.4 Å².